The molecule has 0 spiro atoms. The van der Waals surface area contributed by atoms with Crippen LogP contribution in [0, 0.1) is 5.92 Å². The first-order valence-electron chi connectivity index (χ1n) is 7.44. The Hall–Kier alpha value is -1.88. The molecular formula is C16H22N2O3. The van der Waals surface area contributed by atoms with E-state index in [9.17, 15) is 14.7 Å². The van der Waals surface area contributed by atoms with Gasteiger partial charge in [0.1, 0.15) is 6.04 Å². The summed E-state index contributed by atoms with van der Waals surface area (Å²) < 4.78 is 0. The van der Waals surface area contributed by atoms with Gasteiger partial charge in [-0.1, -0.05) is 30.3 Å². The molecule has 21 heavy (non-hydrogen) atoms. The molecule has 5 nitrogen and oxygen atoms in total. The van der Waals surface area contributed by atoms with Crippen molar-refractivity contribution in [2.24, 2.45) is 5.92 Å². The minimum atomic E-state index is -0.965. The first-order chi connectivity index (χ1) is 10.2. The Balaban J connectivity index is 1.86. The molecule has 114 valence electrons. The molecule has 1 heterocycles. The monoisotopic (exact) mass is 290 g/mol. The van der Waals surface area contributed by atoms with Crippen LogP contribution in [0.15, 0.2) is 30.3 Å². The maximum Gasteiger partial charge on any atom is 0.326 e. The van der Waals surface area contributed by atoms with E-state index in [1.165, 1.54) is 0 Å². The van der Waals surface area contributed by atoms with Gasteiger partial charge < -0.3 is 15.7 Å². The Kier molecular flexibility index (Phi) is 5.75. The van der Waals surface area contributed by atoms with Gasteiger partial charge in [0.25, 0.3) is 0 Å². The zero-order chi connectivity index (χ0) is 15.1. The molecule has 0 saturated carbocycles. The van der Waals surface area contributed by atoms with Crippen molar-refractivity contribution < 1.29 is 14.7 Å². The van der Waals surface area contributed by atoms with Crippen molar-refractivity contribution in [3.05, 3.63) is 35.9 Å². The number of benzene rings is 1. The Labute approximate surface area is 124 Å². The molecule has 1 aromatic carbocycles. The largest absolute Gasteiger partial charge is 0.480 e. The number of carbonyl (C=O) groups excluding carboxylic acids is 1. The highest BCUT2D eigenvalue weighted by atomic mass is 16.4. The molecule has 1 aromatic rings. The molecular weight excluding hydrogens is 268 g/mol. The van der Waals surface area contributed by atoms with Crippen LogP contribution in [0.1, 0.15) is 24.8 Å². The third-order valence-corrected chi connectivity index (χ3v) is 3.89. The van der Waals surface area contributed by atoms with Gasteiger partial charge >= 0.3 is 5.97 Å². The number of hydrogen-bond donors (Lipinski definition) is 3. The summed E-state index contributed by atoms with van der Waals surface area (Å²) in [6, 6.07) is 8.91. The van der Waals surface area contributed by atoms with Crippen LogP contribution in [0.4, 0.5) is 0 Å². The standard InChI is InChI=1S/C16H22N2O3/c19-15(13-8-10-17-11-9-13)18-14(16(20)21)7-6-12-4-2-1-3-5-12/h1-5,13-14,17H,6-11H2,(H,18,19)(H,20,21)/t14-/m0/s1. The number of nitrogens with one attached hydrogen (secondary N) is 2. The normalized spacial score (nSPS) is 17.1. The lowest BCUT2D eigenvalue weighted by atomic mass is 9.96. The average molecular weight is 290 g/mol. The molecule has 3 N–H and O–H groups in total. The summed E-state index contributed by atoms with van der Waals surface area (Å²) in [4.78, 5) is 23.4. The van der Waals surface area contributed by atoms with Crippen molar-refractivity contribution in [1.82, 2.24) is 10.6 Å². The number of rotatable bonds is 6. The van der Waals surface area contributed by atoms with Crippen LogP contribution in [0.5, 0.6) is 0 Å². The fourth-order valence-corrected chi connectivity index (χ4v) is 2.59. The molecule has 0 unspecified atom stereocenters. The zero-order valence-electron chi connectivity index (χ0n) is 12.0. The summed E-state index contributed by atoms with van der Waals surface area (Å²) >= 11 is 0. The van der Waals surface area contributed by atoms with E-state index in [-0.39, 0.29) is 11.8 Å². The summed E-state index contributed by atoms with van der Waals surface area (Å²) in [6.07, 6.45) is 2.61. The van der Waals surface area contributed by atoms with E-state index >= 15 is 0 Å². The van der Waals surface area contributed by atoms with E-state index in [1.807, 2.05) is 30.3 Å². The molecule has 2 rings (SSSR count). The van der Waals surface area contributed by atoms with Crippen LogP contribution in [0.25, 0.3) is 0 Å². The molecule has 1 aliphatic heterocycles. The van der Waals surface area contributed by atoms with E-state index in [2.05, 4.69) is 10.6 Å². The van der Waals surface area contributed by atoms with Gasteiger partial charge in [-0.05, 0) is 44.3 Å². The van der Waals surface area contributed by atoms with E-state index < -0.39 is 12.0 Å². The van der Waals surface area contributed by atoms with Gasteiger partial charge in [0.15, 0.2) is 0 Å². The molecule has 0 radical (unpaired) electrons. The number of carboxylic acids is 1. The summed E-state index contributed by atoms with van der Waals surface area (Å²) in [7, 11) is 0. The van der Waals surface area contributed by atoms with Crippen LogP contribution >= 0.6 is 0 Å². The minimum Gasteiger partial charge on any atom is -0.480 e. The summed E-state index contributed by atoms with van der Waals surface area (Å²) in [6.45, 7) is 1.64. The Morgan fingerprint density at radius 2 is 1.90 bits per heavy atom. The number of piperidine rings is 1. The second-order valence-corrected chi connectivity index (χ2v) is 5.45. The predicted molar refractivity (Wildman–Crippen MR) is 79.9 cm³/mol. The minimum absolute atomic E-state index is 0.0650. The van der Waals surface area contributed by atoms with E-state index in [0.29, 0.717) is 12.8 Å². The number of aliphatic carboxylic acids is 1. The fourth-order valence-electron chi connectivity index (χ4n) is 2.59. The van der Waals surface area contributed by atoms with Crippen LogP contribution in [-0.4, -0.2) is 36.1 Å². The van der Waals surface area contributed by atoms with Crippen molar-refractivity contribution >= 4 is 11.9 Å². The molecule has 5 heteroatoms. The first-order valence-corrected chi connectivity index (χ1v) is 7.44. The molecule has 1 amide bonds. The second kappa shape index (κ2) is 7.78. The first kappa shape index (κ1) is 15.5. The predicted octanol–water partition coefficient (Wildman–Crippen LogP) is 1.19. The molecule has 1 fully saturated rings. The van der Waals surface area contributed by atoms with Crippen molar-refractivity contribution in [3.8, 4) is 0 Å². The number of hydrogen-bond acceptors (Lipinski definition) is 3. The van der Waals surface area contributed by atoms with Crippen molar-refractivity contribution in [2.45, 2.75) is 31.7 Å². The van der Waals surface area contributed by atoms with E-state index in [0.717, 1.165) is 31.5 Å². The SMILES string of the molecule is O=C(N[C@@H](CCc1ccccc1)C(=O)O)C1CCNCC1. The van der Waals surface area contributed by atoms with Gasteiger partial charge in [0, 0.05) is 5.92 Å². The van der Waals surface area contributed by atoms with Gasteiger partial charge in [-0.15, -0.1) is 0 Å². The van der Waals surface area contributed by atoms with Crippen molar-refractivity contribution in [1.29, 1.82) is 0 Å². The lowest BCUT2D eigenvalue weighted by Crippen LogP contribution is -2.46. The molecule has 1 saturated heterocycles. The third kappa shape index (κ3) is 4.86. The third-order valence-electron chi connectivity index (χ3n) is 3.89. The zero-order valence-corrected chi connectivity index (χ0v) is 12.0. The summed E-state index contributed by atoms with van der Waals surface area (Å²) in [5, 5.41) is 15.2. The summed E-state index contributed by atoms with van der Waals surface area (Å²) in [5.41, 5.74) is 1.08. The molecule has 0 aromatic heterocycles. The van der Waals surface area contributed by atoms with Crippen LogP contribution in [0.2, 0.25) is 0 Å². The summed E-state index contributed by atoms with van der Waals surface area (Å²) in [5.74, 6) is -1.16. The quantitative estimate of drug-likeness (QED) is 0.735. The molecule has 0 aliphatic carbocycles. The maximum atomic E-state index is 12.1. The van der Waals surface area contributed by atoms with Crippen LogP contribution < -0.4 is 10.6 Å². The number of carboxylic acid groups (broad SMARTS) is 1. The smallest absolute Gasteiger partial charge is 0.326 e. The van der Waals surface area contributed by atoms with Gasteiger partial charge in [-0.2, -0.15) is 0 Å². The highest BCUT2D eigenvalue weighted by molar-refractivity contribution is 5.85. The highest BCUT2D eigenvalue weighted by Gasteiger charge is 2.26. The van der Waals surface area contributed by atoms with Crippen LogP contribution in [-0.2, 0) is 16.0 Å². The van der Waals surface area contributed by atoms with E-state index in [1.54, 1.807) is 0 Å². The van der Waals surface area contributed by atoms with Crippen LogP contribution in [0.3, 0.4) is 0 Å². The topological polar surface area (TPSA) is 78.4 Å². The fraction of sp³-hybridized carbons (Fsp3) is 0.500. The Morgan fingerprint density at radius 1 is 1.24 bits per heavy atom. The number of carbonyl (C=O) groups is 2. The molecule has 1 aliphatic rings. The Bertz CT molecular complexity index is 470. The lowest BCUT2D eigenvalue weighted by Gasteiger charge is -2.24. The molecule has 0 bridgehead atoms. The van der Waals surface area contributed by atoms with E-state index in [4.69, 9.17) is 0 Å². The maximum absolute atomic E-state index is 12.1. The van der Waals surface area contributed by atoms with Crippen molar-refractivity contribution in [2.75, 3.05) is 13.1 Å². The highest BCUT2D eigenvalue weighted by Crippen LogP contribution is 2.13. The van der Waals surface area contributed by atoms with Gasteiger partial charge in [0.2, 0.25) is 5.91 Å². The molecule has 1 atom stereocenters. The second-order valence-electron chi connectivity index (χ2n) is 5.45. The Morgan fingerprint density at radius 3 is 2.52 bits per heavy atom. The van der Waals surface area contributed by atoms with Gasteiger partial charge in [-0.25, -0.2) is 4.79 Å². The number of aryl methyl sites for hydroxylation is 1. The van der Waals surface area contributed by atoms with Crippen molar-refractivity contribution in [3.63, 3.8) is 0 Å². The lowest BCUT2D eigenvalue weighted by molar-refractivity contribution is -0.142. The average Bonchev–Trinajstić information content (AvgIpc) is 2.52. The number of amides is 1. The van der Waals surface area contributed by atoms with Gasteiger partial charge in [0.05, 0.1) is 0 Å². The van der Waals surface area contributed by atoms with Gasteiger partial charge in [-0.3, -0.25) is 4.79 Å².